The fourth-order valence-electron chi connectivity index (χ4n) is 5.26. The maximum atomic E-state index is 14.0. The lowest BCUT2D eigenvalue weighted by Gasteiger charge is -2.35. The van der Waals surface area contributed by atoms with Crippen molar-refractivity contribution in [3.63, 3.8) is 0 Å². The Hall–Kier alpha value is -2.41. The molecular weight excluding hydrogens is 462 g/mol. The maximum Gasteiger partial charge on any atom is 0.137 e. The molecule has 2 aliphatic heterocycles. The predicted octanol–water partition coefficient (Wildman–Crippen LogP) is 3.70. The summed E-state index contributed by atoms with van der Waals surface area (Å²) in [5.41, 5.74) is 4.03. The fourth-order valence-corrected chi connectivity index (χ4v) is 6.41. The van der Waals surface area contributed by atoms with E-state index in [-0.39, 0.29) is 11.6 Å². The summed E-state index contributed by atoms with van der Waals surface area (Å²) in [4.78, 5) is 5.48. The van der Waals surface area contributed by atoms with Crippen molar-refractivity contribution in [3.8, 4) is 5.75 Å². The Bertz CT molecular complexity index is 1160. The van der Waals surface area contributed by atoms with Gasteiger partial charge in [0.05, 0.1) is 0 Å². The van der Waals surface area contributed by atoms with Crippen LogP contribution in [0.15, 0.2) is 70.5 Å². The molecule has 0 spiro atoms. The van der Waals surface area contributed by atoms with E-state index in [1.54, 1.807) is 45.8 Å². The number of hydrogen-bond donors (Lipinski definition) is 2. The van der Waals surface area contributed by atoms with Gasteiger partial charge in [0.15, 0.2) is 0 Å². The summed E-state index contributed by atoms with van der Waals surface area (Å²) < 4.78 is 33.0. The Kier molecular flexibility index (Phi) is 7.42. The molecule has 35 heavy (non-hydrogen) atoms. The minimum absolute atomic E-state index is 0.164. The molecule has 2 aliphatic rings. The second kappa shape index (κ2) is 10.7. The number of rotatable bonds is 6. The lowest BCUT2D eigenvalue weighted by Crippen LogP contribution is -3.28. The van der Waals surface area contributed by atoms with Gasteiger partial charge < -0.3 is 14.5 Å². The standard InChI is InChI=1S/C29H32F2N2OS/c1-20(2)21-4-10-28-26(17-21)27(18-22-3-5-24(31)19-29(22)35-28)33-13-11-32(12-14-33)15-16-34-25-8-6-23(30)7-9-25/h3-10,17,19-20,27H,11-16,18H2,1-2H3/p+2/t27-/m0/s1. The molecule has 1 atom stereocenters. The van der Waals surface area contributed by atoms with E-state index in [2.05, 4.69) is 32.0 Å². The van der Waals surface area contributed by atoms with E-state index in [1.165, 1.54) is 33.7 Å². The van der Waals surface area contributed by atoms with Crippen LogP contribution in [-0.2, 0) is 6.42 Å². The summed E-state index contributed by atoms with van der Waals surface area (Å²) in [5.74, 6) is 0.793. The highest BCUT2D eigenvalue weighted by Crippen LogP contribution is 2.41. The van der Waals surface area contributed by atoms with Crippen LogP contribution in [0.25, 0.3) is 0 Å². The van der Waals surface area contributed by atoms with Crippen molar-refractivity contribution >= 4 is 11.8 Å². The summed E-state index contributed by atoms with van der Waals surface area (Å²) in [7, 11) is 0. The number of hydrogen-bond acceptors (Lipinski definition) is 2. The number of halogens is 2. The smallest absolute Gasteiger partial charge is 0.137 e. The van der Waals surface area contributed by atoms with Gasteiger partial charge in [-0.05, 0) is 65.6 Å². The first-order chi connectivity index (χ1) is 17.0. The van der Waals surface area contributed by atoms with Gasteiger partial charge in [-0.3, -0.25) is 0 Å². The number of piperazine rings is 1. The van der Waals surface area contributed by atoms with Crippen molar-refractivity contribution in [1.29, 1.82) is 0 Å². The Labute approximate surface area is 211 Å². The Morgan fingerprint density at radius 1 is 0.886 bits per heavy atom. The molecule has 2 heterocycles. The molecule has 0 aromatic heterocycles. The SMILES string of the molecule is CC(C)c1ccc2c(c1)[C@@H]([NH+]1CC[NH+](CCOc3ccc(F)cc3)CC1)Cc1ccc(F)cc1S2. The molecule has 3 aromatic carbocycles. The summed E-state index contributed by atoms with van der Waals surface area (Å²) in [6.45, 7) is 10.5. The summed E-state index contributed by atoms with van der Waals surface area (Å²) in [6.07, 6.45) is 0.940. The van der Waals surface area contributed by atoms with Crippen molar-refractivity contribution < 1.29 is 23.3 Å². The van der Waals surface area contributed by atoms with E-state index in [4.69, 9.17) is 4.74 Å². The highest BCUT2D eigenvalue weighted by Gasteiger charge is 2.34. The lowest BCUT2D eigenvalue weighted by molar-refractivity contribution is -1.03. The third kappa shape index (κ3) is 5.71. The molecule has 0 bridgehead atoms. The van der Waals surface area contributed by atoms with Gasteiger partial charge >= 0.3 is 0 Å². The predicted molar refractivity (Wildman–Crippen MR) is 136 cm³/mol. The van der Waals surface area contributed by atoms with Gasteiger partial charge in [-0.2, -0.15) is 0 Å². The van der Waals surface area contributed by atoms with Crippen molar-refractivity contribution in [2.45, 2.75) is 42.0 Å². The molecule has 1 saturated heterocycles. The summed E-state index contributed by atoms with van der Waals surface area (Å²) in [5, 5.41) is 0. The van der Waals surface area contributed by atoms with E-state index >= 15 is 0 Å². The molecule has 6 heteroatoms. The zero-order chi connectivity index (χ0) is 24.4. The van der Waals surface area contributed by atoms with Crippen LogP contribution in [0.4, 0.5) is 8.78 Å². The van der Waals surface area contributed by atoms with Crippen LogP contribution in [-0.4, -0.2) is 39.3 Å². The van der Waals surface area contributed by atoms with Gasteiger partial charge in [-0.1, -0.05) is 37.7 Å². The molecule has 1 fully saturated rings. The van der Waals surface area contributed by atoms with Crippen LogP contribution in [0, 0.1) is 11.6 Å². The second-order valence-corrected chi connectivity index (χ2v) is 11.1. The fraction of sp³-hybridized carbons (Fsp3) is 0.379. The lowest BCUT2D eigenvalue weighted by atomic mass is 9.93. The van der Waals surface area contributed by atoms with Crippen molar-refractivity contribution in [2.24, 2.45) is 0 Å². The number of fused-ring (bicyclic) bond motifs is 2. The first-order valence-electron chi connectivity index (χ1n) is 12.6. The Morgan fingerprint density at radius 3 is 2.37 bits per heavy atom. The number of benzene rings is 3. The largest absolute Gasteiger partial charge is 0.488 e. The molecular formula is C29H34F2N2OS+2. The highest BCUT2D eigenvalue weighted by atomic mass is 32.2. The maximum absolute atomic E-state index is 14.0. The van der Waals surface area contributed by atoms with Crippen LogP contribution in [0.3, 0.4) is 0 Å². The zero-order valence-corrected chi connectivity index (χ0v) is 21.3. The summed E-state index contributed by atoms with van der Waals surface area (Å²) in [6, 6.07) is 18.8. The third-order valence-corrected chi connectivity index (χ3v) is 8.57. The average Bonchev–Trinajstić information content (AvgIpc) is 3.01. The van der Waals surface area contributed by atoms with Gasteiger partial charge in [0.2, 0.25) is 0 Å². The Balaban J connectivity index is 1.28. The molecule has 3 nitrogen and oxygen atoms in total. The van der Waals surface area contributed by atoms with Crippen LogP contribution in [0.1, 0.15) is 42.5 Å². The molecule has 184 valence electrons. The third-order valence-electron chi connectivity index (χ3n) is 7.38. The van der Waals surface area contributed by atoms with Crippen molar-refractivity contribution in [1.82, 2.24) is 0 Å². The van der Waals surface area contributed by atoms with E-state index in [0.717, 1.165) is 49.8 Å². The van der Waals surface area contributed by atoms with Crippen LogP contribution >= 0.6 is 11.8 Å². The van der Waals surface area contributed by atoms with Crippen molar-refractivity contribution in [3.05, 3.63) is 89.0 Å². The second-order valence-electron chi connectivity index (χ2n) is 10.0. The minimum Gasteiger partial charge on any atom is -0.488 e. The number of ether oxygens (including phenoxy) is 1. The summed E-state index contributed by atoms with van der Waals surface area (Å²) >= 11 is 1.72. The molecule has 0 radical (unpaired) electrons. The topological polar surface area (TPSA) is 18.1 Å². The van der Waals surface area contributed by atoms with E-state index in [0.29, 0.717) is 18.6 Å². The Morgan fingerprint density at radius 2 is 1.63 bits per heavy atom. The van der Waals surface area contributed by atoms with Crippen LogP contribution < -0.4 is 14.5 Å². The van der Waals surface area contributed by atoms with Gasteiger partial charge in [-0.15, -0.1) is 0 Å². The highest BCUT2D eigenvalue weighted by molar-refractivity contribution is 7.99. The minimum atomic E-state index is -0.242. The van der Waals surface area contributed by atoms with E-state index in [1.807, 2.05) is 6.07 Å². The van der Waals surface area contributed by atoms with Crippen LogP contribution in [0.2, 0.25) is 0 Å². The molecule has 2 N–H and O–H groups in total. The molecule has 0 aliphatic carbocycles. The number of nitrogens with one attached hydrogen (secondary N) is 2. The molecule has 0 unspecified atom stereocenters. The van der Waals surface area contributed by atoms with Gasteiger partial charge in [0, 0.05) is 21.8 Å². The van der Waals surface area contributed by atoms with Crippen LogP contribution in [0.5, 0.6) is 5.75 Å². The van der Waals surface area contributed by atoms with E-state index < -0.39 is 0 Å². The van der Waals surface area contributed by atoms with E-state index in [9.17, 15) is 8.78 Å². The normalized spacial score (nSPS) is 21.8. The van der Waals surface area contributed by atoms with Gasteiger partial charge in [0.1, 0.15) is 62.8 Å². The quantitative estimate of drug-likeness (QED) is 0.542. The molecule has 5 rings (SSSR count). The van der Waals surface area contributed by atoms with Crippen molar-refractivity contribution in [2.75, 3.05) is 39.3 Å². The molecule has 0 amide bonds. The first kappa shape index (κ1) is 24.3. The molecule has 0 saturated carbocycles. The average molecular weight is 497 g/mol. The molecule has 3 aromatic rings. The number of quaternary nitrogens is 2. The van der Waals surface area contributed by atoms with Gasteiger partial charge in [0.25, 0.3) is 0 Å². The van der Waals surface area contributed by atoms with Gasteiger partial charge in [-0.25, -0.2) is 8.78 Å². The monoisotopic (exact) mass is 496 g/mol. The zero-order valence-electron chi connectivity index (χ0n) is 20.5. The first-order valence-corrected chi connectivity index (χ1v) is 13.4.